The van der Waals surface area contributed by atoms with E-state index in [0.29, 0.717) is 43.1 Å². The maximum absolute atomic E-state index is 13.3. The van der Waals surface area contributed by atoms with E-state index in [9.17, 15) is 14.0 Å². The molecule has 0 unspecified atom stereocenters. The number of hydrogen-bond acceptors (Lipinski definition) is 3. The smallest absolute Gasteiger partial charge is 0.254 e. The van der Waals surface area contributed by atoms with E-state index in [4.69, 9.17) is 4.74 Å². The Morgan fingerprint density at radius 1 is 0.880 bits per heavy atom. The summed E-state index contributed by atoms with van der Waals surface area (Å²) in [6, 6.07) is 12.6. The number of nitrogens with zero attached hydrogens (tertiary/aromatic N) is 2. The van der Waals surface area contributed by atoms with E-state index >= 15 is 0 Å². The molecule has 2 amide bonds. The molecule has 0 N–H and O–H groups in total. The zero-order valence-electron chi connectivity index (χ0n) is 13.9. The largest absolute Gasteiger partial charge is 0.497 e. The van der Waals surface area contributed by atoms with Crippen molar-refractivity contribution in [3.05, 3.63) is 65.5 Å². The molecule has 5 nitrogen and oxygen atoms in total. The molecule has 3 rings (SSSR count). The van der Waals surface area contributed by atoms with Gasteiger partial charge in [-0.2, -0.15) is 0 Å². The predicted molar refractivity (Wildman–Crippen MR) is 91.2 cm³/mol. The molecule has 0 spiro atoms. The maximum Gasteiger partial charge on any atom is 0.254 e. The molecule has 0 atom stereocenters. The van der Waals surface area contributed by atoms with E-state index in [1.54, 1.807) is 47.2 Å². The number of carbonyl (C=O) groups is 2. The van der Waals surface area contributed by atoms with Crippen molar-refractivity contribution >= 4 is 11.8 Å². The second-order valence-electron chi connectivity index (χ2n) is 5.82. The molecule has 0 aliphatic carbocycles. The highest BCUT2D eigenvalue weighted by atomic mass is 19.1. The van der Waals surface area contributed by atoms with E-state index in [0.717, 1.165) is 0 Å². The van der Waals surface area contributed by atoms with Crippen LogP contribution in [0.5, 0.6) is 5.75 Å². The third-order valence-corrected chi connectivity index (χ3v) is 4.26. The van der Waals surface area contributed by atoms with Gasteiger partial charge < -0.3 is 14.5 Å². The number of hydrogen-bond donors (Lipinski definition) is 0. The normalized spacial score (nSPS) is 14.3. The maximum atomic E-state index is 13.3. The van der Waals surface area contributed by atoms with Crippen LogP contribution in [-0.2, 0) is 0 Å². The van der Waals surface area contributed by atoms with Crippen LogP contribution in [0.3, 0.4) is 0 Å². The molecular formula is C19H19FN2O3. The summed E-state index contributed by atoms with van der Waals surface area (Å²) >= 11 is 0. The van der Waals surface area contributed by atoms with Crippen LogP contribution < -0.4 is 4.74 Å². The fourth-order valence-electron chi connectivity index (χ4n) is 2.83. The molecule has 0 bridgehead atoms. The van der Waals surface area contributed by atoms with Crippen molar-refractivity contribution in [1.29, 1.82) is 0 Å². The number of ether oxygens (including phenoxy) is 1. The summed E-state index contributed by atoms with van der Waals surface area (Å²) < 4.78 is 18.4. The zero-order valence-corrected chi connectivity index (χ0v) is 13.9. The summed E-state index contributed by atoms with van der Waals surface area (Å²) in [4.78, 5) is 28.3. The van der Waals surface area contributed by atoms with Crippen molar-refractivity contribution in [3.8, 4) is 5.75 Å². The van der Waals surface area contributed by atoms with Gasteiger partial charge in [-0.15, -0.1) is 0 Å². The van der Waals surface area contributed by atoms with Gasteiger partial charge in [0.15, 0.2) is 0 Å². The minimum atomic E-state index is -0.431. The van der Waals surface area contributed by atoms with Gasteiger partial charge in [0, 0.05) is 37.3 Å². The highest BCUT2D eigenvalue weighted by Crippen LogP contribution is 2.15. The van der Waals surface area contributed by atoms with Gasteiger partial charge in [0.1, 0.15) is 11.6 Å². The van der Waals surface area contributed by atoms with Gasteiger partial charge in [0.05, 0.1) is 7.11 Å². The first-order chi connectivity index (χ1) is 12.1. The van der Waals surface area contributed by atoms with Crippen molar-refractivity contribution < 1.29 is 18.7 Å². The van der Waals surface area contributed by atoms with Crippen molar-refractivity contribution in [3.63, 3.8) is 0 Å². The van der Waals surface area contributed by atoms with Crippen LogP contribution in [0.1, 0.15) is 20.7 Å². The lowest BCUT2D eigenvalue weighted by atomic mass is 10.1. The molecule has 1 heterocycles. The summed E-state index contributed by atoms with van der Waals surface area (Å²) in [5, 5.41) is 0. The summed E-state index contributed by atoms with van der Waals surface area (Å²) in [5.41, 5.74) is 0.917. The van der Waals surface area contributed by atoms with Crippen LogP contribution in [0.2, 0.25) is 0 Å². The Hall–Kier alpha value is -2.89. The third kappa shape index (κ3) is 3.79. The molecule has 130 valence electrons. The Morgan fingerprint density at radius 2 is 1.44 bits per heavy atom. The van der Waals surface area contributed by atoms with Gasteiger partial charge in [-0.25, -0.2) is 4.39 Å². The van der Waals surface area contributed by atoms with Gasteiger partial charge >= 0.3 is 0 Å². The van der Waals surface area contributed by atoms with Crippen LogP contribution in [0.15, 0.2) is 48.5 Å². The van der Waals surface area contributed by atoms with Gasteiger partial charge in [0.2, 0.25) is 0 Å². The summed E-state index contributed by atoms with van der Waals surface area (Å²) in [6.45, 7) is 1.76. The summed E-state index contributed by atoms with van der Waals surface area (Å²) in [7, 11) is 1.58. The van der Waals surface area contributed by atoms with E-state index in [-0.39, 0.29) is 11.8 Å². The fourth-order valence-corrected chi connectivity index (χ4v) is 2.83. The molecule has 1 aliphatic rings. The van der Waals surface area contributed by atoms with Crippen LogP contribution in [0.4, 0.5) is 4.39 Å². The average molecular weight is 342 g/mol. The molecule has 1 aliphatic heterocycles. The number of carbonyl (C=O) groups excluding carboxylic acids is 2. The monoisotopic (exact) mass is 342 g/mol. The third-order valence-electron chi connectivity index (χ3n) is 4.26. The minimum Gasteiger partial charge on any atom is -0.497 e. The first-order valence-corrected chi connectivity index (χ1v) is 8.06. The number of methoxy groups -OCH3 is 1. The van der Waals surface area contributed by atoms with Crippen LogP contribution >= 0.6 is 0 Å². The number of piperazine rings is 1. The molecular weight excluding hydrogens is 323 g/mol. The van der Waals surface area contributed by atoms with E-state index in [2.05, 4.69) is 0 Å². The number of halogens is 1. The second kappa shape index (κ2) is 7.34. The van der Waals surface area contributed by atoms with Crippen molar-refractivity contribution in [1.82, 2.24) is 9.80 Å². The number of benzene rings is 2. The molecule has 0 radical (unpaired) electrons. The first kappa shape index (κ1) is 17.0. The van der Waals surface area contributed by atoms with Crippen molar-refractivity contribution in [2.75, 3.05) is 33.3 Å². The van der Waals surface area contributed by atoms with Crippen LogP contribution in [-0.4, -0.2) is 54.9 Å². The Labute approximate surface area is 145 Å². The van der Waals surface area contributed by atoms with Gasteiger partial charge in [-0.1, -0.05) is 6.07 Å². The number of amides is 2. The summed E-state index contributed by atoms with van der Waals surface area (Å²) in [6.07, 6.45) is 0. The standard InChI is InChI=1S/C19H19FN2O3/c1-25-17-7-5-14(6-8-17)18(23)21-9-11-22(12-10-21)19(24)15-3-2-4-16(20)13-15/h2-8,13H,9-12H2,1H3. The Kier molecular flexibility index (Phi) is 4.97. The average Bonchev–Trinajstić information content (AvgIpc) is 2.67. The van der Waals surface area contributed by atoms with Crippen molar-refractivity contribution in [2.45, 2.75) is 0 Å². The minimum absolute atomic E-state index is 0.0690. The van der Waals surface area contributed by atoms with Gasteiger partial charge in [0.25, 0.3) is 11.8 Å². The molecule has 0 saturated carbocycles. The molecule has 2 aromatic carbocycles. The van der Waals surface area contributed by atoms with Crippen molar-refractivity contribution in [2.24, 2.45) is 0 Å². The SMILES string of the molecule is COc1ccc(C(=O)N2CCN(C(=O)c3cccc(F)c3)CC2)cc1. The summed E-state index contributed by atoms with van der Waals surface area (Å²) in [5.74, 6) is -0.0159. The lowest BCUT2D eigenvalue weighted by Crippen LogP contribution is -2.50. The molecule has 6 heteroatoms. The van der Waals surface area contributed by atoms with E-state index in [1.807, 2.05) is 0 Å². The quantitative estimate of drug-likeness (QED) is 0.861. The Bertz CT molecular complexity index is 768. The van der Waals surface area contributed by atoms with E-state index < -0.39 is 5.82 Å². The van der Waals surface area contributed by atoms with Gasteiger partial charge in [-0.05, 0) is 42.5 Å². The zero-order chi connectivity index (χ0) is 17.8. The highest BCUT2D eigenvalue weighted by Gasteiger charge is 2.25. The van der Waals surface area contributed by atoms with E-state index in [1.165, 1.54) is 18.2 Å². The number of rotatable bonds is 3. The Morgan fingerprint density at radius 3 is 1.96 bits per heavy atom. The lowest BCUT2D eigenvalue weighted by Gasteiger charge is -2.34. The molecule has 1 saturated heterocycles. The molecule has 1 fully saturated rings. The molecule has 2 aromatic rings. The predicted octanol–water partition coefficient (Wildman–Crippen LogP) is 2.43. The second-order valence-corrected chi connectivity index (χ2v) is 5.82. The van der Waals surface area contributed by atoms with Crippen LogP contribution in [0, 0.1) is 5.82 Å². The topological polar surface area (TPSA) is 49.9 Å². The first-order valence-electron chi connectivity index (χ1n) is 8.06. The molecule has 0 aromatic heterocycles. The highest BCUT2D eigenvalue weighted by molar-refractivity contribution is 5.96. The fraction of sp³-hybridized carbons (Fsp3) is 0.263. The lowest BCUT2D eigenvalue weighted by molar-refractivity contribution is 0.0535. The molecule has 25 heavy (non-hydrogen) atoms. The Balaban J connectivity index is 1.61. The van der Waals surface area contributed by atoms with Gasteiger partial charge in [-0.3, -0.25) is 9.59 Å². The van der Waals surface area contributed by atoms with Crippen LogP contribution in [0.25, 0.3) is 0 Å².